The van der Waals surface area contributed by atoms with E-state index in [1.54, 1.807) is 0 Å². The van der Waals surface area contributed by atoms with Gasteiger partial charge in [0.1, 0.15) is 6.10 Å². The highest BCUT2D eigenvalue weighted by molar-refractivity contribution is 5.37. The summed E-state index contributed by atoms with van der Waals surface area (Å²) in [5.74, 6) is 0.825. The van der Waals surface area contributed by atoms with E-state index in [0.717, 1.165) is 18.8 Å². The zero-order chi connectivity index (χ0) is 9.40. The molecule has 1 aliphatic carbocycles. The van der Waals surface area contributed by atoms with Gasteiger partial charge < -0.3 is 4.74 Å². The van der Waals surface area contributed by atoms with Crippen LogP contribution in [0, 0.1) is 5.92 Å². The van der Waals surface area contributed by atoms with Crippen molar-refractivity contribution in [2.24, 2.45) is 5.92 Å². The molecule has 72 valence electrons. The van der Waals surface area contributed by atoms with E-state index in [1.807, 2.05) is 13.8 Å². The third-order valence-electron chi connectivity index (χ3n) is 2.21. The highest BCUT2D eigenvalue weighted by atomic mass is 16.5. The Hall–Kier alpha value is -0.530. The van der Waals surface area contributed by atoms with E-state index in [4.69, 9.17) is 4.74 Å². The van der Waals surface area contributed by atoms with Crippen LogP contribution in [0.4, 0.5) is 0 Å². The van der Waals surface area contributed by atoms with Crippen LogP contribution >= 0.6 is 0 Å². The maximum absolute atomic E-state index is 9.93. The van der Waals surface area contributed by atoms with Gasteiger partial charge in [0.2, 0.25) is 0 Å². The molecule has 0 atom stereocenters. The van der Waals surface area contributed by atoms with E-state index < -0.39 is 0 Å². The maximum Gasteiger partial charge on any atom is 0.293 e. The minimum atomic E-state index is 0.216. The second-order valence-electron chi connectivity index (χ2n) is 3.11. The summed E-state index contributed by atoms with van der Waals surface area (Å²) < 4.78 is 4.85. The van der Waals surface area contributed by atoms with Crippen LogP contribution in [-0.4, -0.2) is 12.6 Å². The van der Waals surface area contributed by atoms with E-state index >= 15 is 0 Å². The van der Waals surface area contributed by atoms with E-state index in [2.05, 4.69) is 6.92 Å². The van der Waals surface area contributed by atoms with Crippen LogP contribution in [-0.2, 0) is 9.53 Å². The number of rotatable bonds is 2. The lowest BCUT2D eigenvalue weighted by Crippen LogP contribution is -2.19. The second kappa shape index (κ2) is 7.14. The average Bonchev–Trinajstić information content (AvgIpc) is 2.13. The molecule has 0 aliphatic heterocycles. The fourth-order valence-corrected chi connectivity index (χ4v) is 1.44. The number of hydrogen-bond donors (Lipinski definition) is 0. The monoisotopic (exact) mass is 172 g/mol. The van der Waals surface area contributed by atoms with Crippen molar-refractivity contribution in [3.63, 3.8) is 0 Å². The Kier molecular flexibility index (Phi) is 6.82. The SMILES string of the molecule is CC.CC1CCC(OC=O)CC1. The minimum absolute atomic E-state index is 0.216. The maximum atomic E-state index is 9.93. The summed E-state index contributed by atoms with van der Waals surface area (Å²) >= 11 is 0. The van der Waals surface area contributed by atoms with E-state index in [1.165, 1.54) is 12.8 Å². The van der Waals surface area contributed by atoms with Gasteiger partial charge in [0.15, 0.2) is 0 Å². The summed E-state index contributed by atoms with van der Waals surface area (Å²) in [5, 5.41) is 0. The van der Waals surface area contributed by atoms with Gasteiger partial charge in [-0.25, -0.2) is 0 Å². The molecule has 0 aromatic carbocycles. The molecule has 0 aromatic heterocycles. The first-order chi connectivity index (χ1) is 5.83. The van der Waals surface area contributed by atoms with Crippen molar-refractivity contribution in [1.82, 2.24) is 0 Å². The van der Waals surface area contributed by atoms with Crippen LogP contribution in [0.1, 0.15) is 46.5 Å². The first-order valence-corrected chi connectivity index (χ1v) is 4.92. The minimum Gasteiger partial charge on any atom is -0.465 e. The first-order valence-electron chi connectivity index (χ1n) is 4.92. The third kappa shape index (κ3) is 4.37. The predicted octanol–water partition coefficient (Wildman–Crippen LogP) is 2.76. The Balaban J connectivity index is 0.000000561. The van der Waals surface area contributed by atoms with Crippen molar-refractivity contribution in [3.8, 4) is 0 Å². The highest BCUT2D eigenvalue weighted by Crippen LogP contribution is 2.24. The molecular formula is C10H20O2. The largest absolute Gasteiger partial charge is 0.465 e. The molecule has 0 spiro atoms. The lowest BCUT2D eigenvalue weighted by molar-refractivity contribution is -0.135. The molecule has 0 radical (unpaired) electrons. The zero-order valence-electron chi connectivity index (χ0n) is 8.38. The van der Waals surface area contributed by atoms with Crippen LogP contribution in [0.5, 0.6) is 0 Å². The van der Waals surface area contributed by atoms with Crippen molar-refractivity contribution in [1.29, 1.82) is 0 Å². The van der Waals surface area contributed by atoms with Crippen LogP contribution in [0.25, 0.3) is 0 Å². The molecule has 0 heterocycles. The molecular weight excluding hydrogens is 152 g/mol. The molecule has 0 aromatic rings. The molecule has 1 fully saturated rings. The molecule has 0 saturated heterocycles. The van der Waals surface area contributed by atoms with Crippen molar-refractivity contribution in [2.45, 2.75) is 52.6 Å². The fraction of sp³-hybridized carbons (Fsp3) is 0.900. The van der Waals surface area contributed by atoms with Crippen LogP contribution in [0.15, 0.2) is 0 Å². The lowest BCUT2D eigenvalue weighted by atomic mass is 9.89. The Morgan fingerprint density at radius 3 is 2.08 bits per heavy atom. The molecule has 2 heteroatoms. The first kappa shape index (κ1) is 11.5. The van der Waals surface area contributed by atoms with Crippen LogP contribution in [0.3, 0.4) is 0 Å². The molecule has 0 N–H and O–H groups in total. The van der Waals surface area contributed by atoms with Gasteiger partial charge in [-0.3, -0.25) is 4.79 Å². The molecule has 2 nitrogen and oxygen atoms in total. The van der Waals surface area contributed by atoms with Crippen molar-refractivity contribution < 1.29 is 9.53 Å². The number of ether oxygens (including phenoxy) is 1. The summed E-state index contributed by atoms with van der Waals surface area (Å²) in [4.78, 5) is 9.93. The van der Waals surface area contributed by atoms with Crippen molar-refractivity contribution in [2.75, 3.05) is 0 Å². The Morgan fingerprint density at radius 2 is 1.67 bits per heavy atom. The van der Waals surface area contributed by atoms with Crippen molar-refractivity contribution in [3.05, 3.63) is 0 Å². The summed E-state index contributed by atoms with van der Waals surface area (Å²) in [6.45, 7) is 6.82. The van der Waals surface area contributed by atoms with Gasteiger partial charge in [0.05, 0.1) is 0 Å². The standard InChI is InChI=1S/C8H14O2.C2H6/c1-7-2-4-8(5-3-7)10-6-9;1-2/h6-8H,2-5H2,1H3;1-2H3. The van der Waals surface area contributed by atoms with E-state index in [0.29, 0.717) is 6.47 Å². The molecule has 12 heavy (non-hydrogen) atoms. The average molecular weight is 172 g/mol. The topological polar surface area (TPSA) is 26.3 Å². The Labute approximate surface area is 75.3 Å². The molecule has 1 rings (SSSR count). The summed E-state index contributed by atoms with van der Waals surface area (Å²) in [6, 6.07) is 0. The lowest BCUT2D eigenvalue weighted by Gasteiger charge is -2.24. The summed E-state index contributed by atoms with van der Waals surface area (Å²) in [7, 11) is 0. The highest BCUT2D eigenvalue weighted by Gasteiger charge is 2.18. The molecule has 0 bridgehead atoms. The van der Waals surface area contributed by atoms with Gasteiger partial charge in [-0.1, -0.05) is 20.8 Å². The molecule has 0 unspecified atom stereocenters. The Bertz CT molecular complexity index is 104. The smallest absolute Gasteiger partial charge is 0.293 e. The quantitative estimate of drug-likeness (QED) is 0.599. The van der Waals surface area contributed by atoms with Gasteiger partial charge >= 0.3 is 0 Å². The number of carbonyl (C=O) groups is 1. The van der Waals surface area contributed by atoms with Gasteiger partial charge in [-0.15, -0.1) is 0 Å². The van der Waals surface area contributed by atoms with Crippen LogP contribution < -0.4 is 0 Å². The molecule has 0 amide bonds. The number of hydrogen-bond acceptors (Lipinski definition) is 2. The molecule has 1 saturated carbocycles. The summed E-state index contributed by atoms with van der Waals surface area (Å²) in [6.07, 6.45) is 4.74. The van der Waals surface area contributed by atoms with Gasteiger partial charge in [0, 0.05) is 0 Å². The Morgan fingerprint density at radius 1 is 1.17 bits per heavy atom. The van der Waals surface area contributed by atoms with Gasteiger partial charge in [0.25, 0.3) is 6.47 Å². The molecule has 1 aliphatic rings. The number of carbonyl (C=O) groups excluding carboxylic acids is 1. The second-order valence-corrected chi connectivity index (χ2v) is 3.11. The van der Waals surface area contributed by atoms with Crippen LogP contribution in [0.2, 0.25) is 0 Å². The van der Waals surface area contributed by atoms with Crippen molar-refractivity contribution >= 4 is 6.47 Å². The third-order valence-corrected chi connectivity index (χ3v) is 2.21. The van der Waals surface area contributed by atoms with Gasteiger partial charge in [-0.2, -0.15) is 0 Å². The van der Waals surface area contributed by atoms with E-state index in [9.17, 15) is 4.79 Å². The van der Waals surface area contributed by atoms with Gasteiger partial charge in [-0.05, 0) is 31.6 Å². The zero-order valence-corrected chi connectivity index (χ0v) is 8.38. The summed E-state index contributed by atoms with van der Waals surface area (Å²) in [5.41, 5.74) is 0. The predicted molar refractivity (Wildman–Crippen MR) is 49.9 cm³/mol. The fourth-order valence-electron chi connectivity index (χ4n) is 1.44. The normalized spacial score (nSPS) is 28.2. The van der Waals surface area contributed by atoms with E-state index in [-0.39, 0.29) is 6.10 Å².